The molecular formula is C22H28N2. The molecule has 1 aliphatic heterocycles. The summed E-state index contributed by atoms with van der Waals surface area (Å²) < 4.78 is 0. The van der Waals surface area contributed by atoms with Crippen molar-refractivity contribution in [2.45, 2.75) is 58.4 Å². The molecule has 0 saturated carbocycles. The summed E-state index contributed by atoms with van der Waals surface area (Å²) in [5, 5.41) is 6.78. The van der Waals surface area contributed by atoms with Crippen molar-refractivity contribution in [1.82, 2.24) is 0 Å². The van der Waals surface area contributed by atoms with Crippen molar-refractivity contribution in [3.63, 3.8) is 0 Å². The Labute approximate surface area is 146 Å². The second kappa shape index (κ2) is 7.65. The highest BCUT2D eigenvalue weighted by Gasteiger charge is 2.24. The van der Waals surface area contributed by atoms with Gasteiger partial charge in [0, 0.05) is 12.6 Å². The lowest BCUT2D eigenvalue weighted by molar-refractivity contribution is 0.708. The Hall–Kier alpha value is -2.09. The number of benzene rings is 2. The molecule has 1 heterocycles. The zero-order valence-corrected chi connectivity index (χ0v) is 15.1. The fourth-order valence-corrected chi connectivity index (χ4v) is 3.24. The molecule has 0 saturated heterocycles. The van der Waals surface area contributed by atoms with E-state index in [1.807, 2.05) is 6.21 Å². The van der Waals surface area contributed by atoms with Crippen LogP contribution in [0.5, 0.6) is 0 Å². The Morgan fingerprint density at radius 3 is 2.38 bits per heavy atom. The van der Waals surface area contributed by atoms with Crippen LogP contribution >= 0.6 is 0 Å². The van der Waals surface area contributed by atoms with Crippen molar-refractivity contribution >= 4 is 11.9 Å². The van der Waals surface area contributed by atoms with Gasteiger partial charge in [-0.1, -0.05) is 63.6 Å². The van der Waals surface area contributed by atoms with E-state index < -0.39 is 0 Å². The first-order valence-electron chi connectivity index (χ1n) is 9.19. The van der Waals surface area contributed by atoms with E-state index in [1.165, 1.54) is 41.6 Å². The third-order valence-electron chi connectivity index (χ3n) is 4.84. The zero-order valence-electron chi connectivity index (χ0n) is 15.1. The first-order chi connectivity index (χ1) is 11.7. The van der Waals surface area contributed by atoms with Crippen molar-refractivity contribution < 1.29 is 0 Å². The highest BCUT2D eigenvalue weighted by atomic mass is 15.5. The molecule has 0 fully saturated rings. The van der Waals surface area contributed by atoms with Crippen molar-refractivity contribution in [2.75, 3.05) is 5.01 Å². The van der Waals surface area contributed by atoms with E-state index >= 15 is 0 Å². The molecule has 0 spiro atoms. The van der Waals surface area contributed by atoms with E-state index in [2.05, 4.69) is 79.4 Å². The SMILES string of the molecule is CCCCc1ccc(N2N=CCC2c2ccc(C(C)C)cc2)cc1. The molecule has 0 aliphatic carbocycles. The highest BCUT2D eigenvalue weighted by Crippen LogP contribution is 2.33. The van der Waals surface area contributed by atoms with Gasteiger partial charge in [0.15, 0.2) is 0 Å². The van der Waals surface area contributed by atoms with Crippen molar-refractivity contribution in [3.8, 4) is 0 Å². The average Bonchev–Trinajstić information content (AvgIpc) is 3.10. The first-order valence-corrected chi connectivity index (χ1v) is 9.19. The number of unbranched alkanes of at least 4 members (excludes halogenated alkanes) is 1. The second-order valence-corrected chi connectivity index (χ2v) is 6.99. The van der Waals surface area contributed by atoms with E-state index in [1.54, 1.807) is 0 Å². The maximum atomic E-state index is 4.62. The molecule has 24 heavy (non-hydrogen) atoms. The smallest absolute Gasteiger partial charge is 0.0825 e. The maximum Gasteiger partial charge on any atom is 0.0825 e. The Balaban J connectivity index is 1.76. The largest absolute Gasteiger partial charge is 0.258 e. The number of hydrogen-bond donors (Lipinski definition) is 0. The molecule has 2 aromatic rings. The summed E-state index contributed by atoms with van der Waals surface area (Å²) in [6.07, 6.45) is 6.67. The quantitative estimate of drug-likeness (QED) is 0.629. The molecule has 0 bridgehead atoms. The Morgan fingerprint density at radius 2 is 1.75 bits per heavy atom. The maximum absolute atomic E-state index is 4.62. The molecule has 3 rings (SSSR count). The van der Waals surface area contributed by atoms with Gasteiger partial charge in [-0.05, 0) is 47.6 Å². The summed E-state index contributed by atoms with van der Waals surface area (Å²) in [4.78, 5) is 0. The van der Waals surface area contributed by atoms with Crippen LogP contribution in [0.2, 0.25) is 0 Å². The minimum absolute atomic E-state index is 0.313. The molecule has 0 aromatic heterocycles. The van der Waals surface area contributed by atoms with Crippen LogP contribution in [0.3, 0.4) is 0 Å². The Morgan fingerprint density at radius 1 is 1.04 bits per heavy atom. The number of aryl methyl sites for hydroxylation is 1. The minimum Gasteiger partial charge on any atom is -0.258 e. The lowest BCUT2D eigenvalue weighted by Crippen LogP contribution is -2.18. The van der Waals surface area contributed by atoms with Gasteiger partial charge in [0.1, 0.15) is 0 Å². The standard InChI is InChI=1S/C22H28N2/c1-4-5-6-18-7-13-21(14-8-18)24-22(15-16-23-24)20-11-9-19(10-12-20)17(2)3/h7-14,16-17,22H,4-6,15H2,1-3H3. The van der Waals surface area contributed by atoms with E-state index in [0.29, 0.717) is 12.0 Å². The van der Waals surface area contributed by atoms with Gasteiger partial charge in [-0.15, -0.1) is 0 Å². The number of hydrazone groups is 1. The fraction of sp³-hybridized carbons (Fsp3) is 0.409. The van der Waals surface area contributed by atoms with Gasteiger partial charge < -0.3 is 0 Å². The number of hydrogen-bond acceptors (Lipinski definition) is 2. The first kappa shape index (κ1) is 16.8. The van der Waals surface area contributed by atoms with Gasteiger partial charge in [-0.25, -0.2) is 0 Å². The molecule has 0 amide bonds. The predicted octanol–water partition coefficient (Wildman–Crippen LogP) is 6.09. The van der Waals surface area contributed by atoms with Gasteiger partial charge in [0.25, 0.3) is 0 Å². The van der Waals surface area contributed by atoms with Crippen molar-refractivity contribution in [3.05, 3.63) is 65.2 Å². The molecule has 0 N–H and O–H groups in total. The third-order valence-corrected chi connectivity index (χ3v) is 4.84. The number of anilines is 1. The Kier molecular flexibility index (Phi) is 5.34. The third kappa shape index (κ3) is 3.69. The summed E-state index contributed by atoms with van der Waals surface area (Å²) in [7, 11) is 0. The van der Waals surface area contributed by atoms with E-state index in [9.17, 15) is 0 Å². The monoisotopic (exact) mass is 320 g/mol. The summed E-state index contributed by atoms with van der Waals surface area (Å²) >= 11 is 0. The van der Waals surface area contributed by atoms with Crippen LogP contribution in [0.25, 0.3) is 0 Å². The fourth-order valence-electron chi connectivity index (χ4n) is 3.24. The summed E-state index contributed by atoms with van der Waals surface area (Å²) in [5.41, 5.74) is 5.33. The van der Waals surface area contributed by atoms with Crippen LogP contribution in [0, 0.1) is 0 Å². The van der Waals surface area contributed by atoms with Crippen molar-refractivity contribution in [1.29, 1.82) is 0 Å². The predicted molar refractivity (Wildman–Crippen MR) is 104 cm³/mol. The highest BCUT2D eigenvalue weighted by molar-refractivity contribution is 5.68. The number of nitrogens with zero attached hydrogens (tertiary/aromatic N) is 2. The normalized spacial score (nSPS) is 17.0. The van der Waals surface area contributed by atoms with E-state index in [-0.39, 0.29) is 0 Å². The molecule has 2 nitrogen and oxygen atoms in total. The molecule has 1 atom stereocenters. The second-order valence-electron chi connectivity index (χ2n) is 6.99. The van der Waals surface area contributed by atoms with Crippen LogP contribution in [-0.4, -0.2) is 6.21 Å². The Bertz CT molecular complexity index is 668. The minimum atomic E-state index is 0.313. The van der Waals surface area contributed by atoms with Crippen LogP contribution in [0.4, 0.5) is 5.69 Å². The molecule has 2 aromatic carbocycles. The molecule has 1 aliphatic rings. The van der Waals surface area contributed by atoms with Gasteiger partial charge in [-0.3, -0.25) is 5.01 Å². The molecule has 2 heteroatoms. The lowest BCUT2D eigenvalue weighted by Gasteiger charge is -2.24. The number of rotatable bonds is 6. The summed E-state index contributed by atoms with van der Waals surface area (Å²) in [6, 6.07) is 18.3. The van der Waals surface area contributed by atoms with Gasteiger partial charge in [0.05, 0.1) is 11.7 Å². The zero-order chi connectivity index (χ0) is 16.9. The average molecular weight is 320 g/mol. The summed E-state index contributed by atoms with van der Waals surface area (Å²) in [5.74, 6) is 0.575. The topological polar surface area (TPSA) is 15.6 Å². The van der Waals surface area contributed by atoms with Crippen LogP contribution in [-0.2, 0) is 6.42 Å². The molecular weight excluding hydrogens is 292 g/mol. The van der Waals surface area contributed by atoms with Crippen LogP contribution in [0.15, 0.2) is 53.6 Å². The van der Waals surface area contributed by atoms with E-state index in [4.69, 9.17) is 0 Å². The summed E-state index contributed by atoms with van der Waals surface area (Å²) in [6.45, 7) is 6.71. The van der Waals surface area contributed by atoms with Crippen LogP contribution < -0.4 is 5.01 Å². The molecule has 0 radical (unpaired) electrons. The van der Waals surface area contributed by atoms with Crippen molar-refractivity contribution in [2.24, 2.45) is 5.10 Å². The lowest BCUT2D eigenvalue weighted by atomic mass is 9.98. The van der Waals surface area contributed by atoms with E-state index in [0.717, 1.165) is 6.42 Å². The molecule has 1 unspecified atom stereocenters. The molecule has 126 valence electrons. The van der Waals surface area contributed by atoms with Crippen LogP contribution in [0.1, 0.15) is 68.7 Å². The van der Waals surface area contributed by atoms with Gasteiger partial charge in [-0.2, -0.15) is 5.10 Å². The van der Waals surface area contributed by atoms with Gasteiger partial charge >= 0.3 is 0 Å². The van der Waals surface area contributed by atoms with Gasteiger partial charge in [0.2, 0.25) is 0 Å².